The summed E-state index contributed by atoms with van der Waals surface area (Å²) in [4.78, 5) is 8.12. The molecule has 0 bridgehead atoms. The van der Waals surface area contributed by atoms with E-state index in [9.17, 15) is 5.11 Å². The van der Waals surface area contributed by atoms with Crippen molar-refractivity contribution in [2.45, 2.75) is 52.4 Å². The molecule has 0 aliphatic carbocycles. The third-order valence-electron chi connectivity index (χ3n) is 3.59. The highest BCUT2D eigenvalue weighted by Crippen LogP contribution is 2.41. The van der Waals surface area contributed by atoms with E-state index in [1.807, 2.05) is 17.1 Å². The molecule has 120 valence electrons. The molecule has 0 atom stereocenters. The normalized spacial score (nSPS) is 15.3. The zero-order chi connectivity index (χ0) is 16.5. The number of rotatable bonds is 2. The van der Waals surface area contributed by atoms with Gasteiger partial charge in [0.25, 0.3) is 0 Å². The minimum absolute atomic E-state index is 0.143. The number of benzene rings is 1. The van der Waals surface area contributed by atoms with Gasteiger partial charge in [-0.15, -0.1) is 0 Å². The van der Waals surface area contributed by atoms with Gasteiger partial charge in [0.15, 0.2) is 0 Å². The van der Waals surface area contributed by atoms with E-state index in [2.05, 4.69) is 57.0 Å². The molecule has 1 aliphatic heterocycles. The Bertz CT molecular complexity index is 571. The van der Waals surface area contributed by atoms with Crippen molar-refractivity contribution in [2.75, 3.05) is 12.1 Å². The van der Waals surface area contributed by atoms with Gasteiger partial charge in [0.05, 0.1) is 5.69 Å². The smallest absolute Gasteiger partial charge is 0.132 e. The first kappa shape index (κ1) is 16.3. The summed E-state index contributed by atoms with van der Waals surface area (Å²) in [6.07, 6.45) is 3.24. The predicted molar refractivity (Wildman–Crippen MR) is 92.8 cm³/mol. The summed E-state index contributed by atoms with van der Waals surface area (Å²) in [5.74, 6) is 0.385. The van der Waals surface area contributed by atoms with Crippen molar-refractivity contribution in [3.05, 3.63) is 23.3 Å². The van der Waals surface area contributed by atoms with Gasteiger partial charge in [-0.3, -0.25) is 15.4 Å². The maximum Gasteiger partial charge on any atom is 0.132 e. The number of nitrogens with zero attached hydrogens (tertiary/aromatic N) is 3. The van der Waals surface area contributed by atoms with E-state index in [0.717, 1.165) is 16.8 Å². The molecule has 1 aliphatic rings. The lowest BCUT2D eigenvalue weighted by Crippen LogP contribution is -2.31. The molecule has 2 N–H and O–H groups in total. The quantitative estimate of drug-likeness (QED) is 0.820. The first-order valence-electron chi connectivity index (χ1n) is 7.52. The van der Waals surface area contributed by atoms with Crippen molar-refractivity contribution < 1.29 is 5.11 Å². The lowest BCUT2D eigenvalue weighted by atomic mass is 9.79. The van der Waals surface area contributed by atoms with Gasteiger partial charge in [0.1, 0.15) is 25.1 Å². The maximum atomic E-state index is 10.7. The average Bonchev–Trinajstić information content (AvgIpc) is 2.39. The number of hydrazine groups is 1. The average molecular weight is 302 g/mol. The second-order valence-electron chi connectivity index (χ2n) is 7.71. The van der Waals surface area contributed by atoms with Gasteiger partial charge in [-0.2, -0.15) is 0 Å². The summed E-state index contributed by atoms with van der Waals surface area (Å²) >= 11 is 0. The van der Waals surface area contributed by atoms with E-state index in [1.54, 1.807) is 6.34 Å². The SMILES string of the molecule is CC(C)(C)c1cc(NN2C=NC=NC2)cc(C(C)(C)C)c1O. The van der Waals surface area contributed by atoms with Crippen molar-refractivity contribution >= 4 is 18.4 Å². The zero-order valence-electron chi connectivity index (χ0n) is 14.3. The van der Waals surface area contributed by atoms with Crippen LogP contribution in [0.5, 0.6) is 5.75 Å². The molecule has 0 saturated heterocycles. The van der Waals surface area contributed by atoms with Gasteiger partial charge in [-0.05, 0) is 23.0 Å². The Labute approximate surface area is 132 Å². The second kappa shape index (κ2) is 5.63. The summed E-state index contributed by atoms with van der Waals surface area (Å²) in [5, 5.41) is 12.5. The molecular formula is C17H26N4O. The fourth-order valence-electron chi connectivity index (χ4n) is 2.39. The fourth-order valence-corrected chi connectivity index (χ4v) is 2.39. The van der Waals surface area contributed by atoms with Crippen molar-refractivity contribution in [1.82, 2.24) is 5.01 Å². The third kappa shape index (κ3) is 3.59. The number of hydrogen-bond acceptors (Lipinski definition) is 5. The largest absolute Gasteiger partial charge is 0.507 e. The molecule has 0 unspecified atom stereocenters. The van der Waals surface area contributed by atoms with Gasteiger partial charge in [0, 0.05) is 11.1 Å². The monoisotopic (exact) mass is 302 g/mol. The van der Waals surface area contributed by atoms with E-state index in [4.69, 9.17) is 0 Å². The van der Waals surface area contributed by atoms with Gasteiger partial charge >= 0.3 is 0 Å². The van der Waals surface area contributed by atoms with Crippen molar-refractivity contribution in [3.63, 3.8) is 0 Å². The number of hydrogen-bond donors (Lipinski definition) is 2. The van der Waals surface area contributed by atoms with E-state index >= 15 is 0 Å². The molecule has 0 amide bonds. The van der Waals surface area contributed by atoms with Crippen LogP contribution >= 0.6 is 0 Å². The Hall–Kier alpha value is -2.04. The molecule has 2 rings (SSSR count). The lowest BCUT2D eigenvalue weighted by Gasteiger charge is -2.29. The first-order chi connectivity index (χ1) is 10.1. The molecule has 5 heteroatoms. The standard InChI is InChI=1S/C17H26N4O/c1-16(2,3)13-7-12(20-21-10-18-9-19-11-21)8-14(15(13)22)17(4,5)6/h7-10,20,22H,11H2,1-6H3. The predicted octanol–water partition coefficient (Wildman–Crippen LogP) is 3.64. The molecule has 0 spiro atoms. The van der Waals surface area contributed by atoms with Crippen LogP contribution in [0, 0.1) is 0 Å². The van der Waals surface area contributed by atoms with Gasteiger partial charge in [-0.25, -0.2) is 4.99 Å². The third-order valence-corrected chi connectivity index (χ3v) is 3.59. The Morgan fingerprint density at radius 3 is 2.00 bits per heavy atom. The Balaban J connectivity index is 2.46. The number of aliphatic imine (C=N–C) groups is 2. The van der Waals surface area contributed by atoms with E-state index < -0.39 is 0 Å². The van der Waals surface area contributed by atoms with Crippen LogP contribution < -0.4 is 5.43 Å². The summed E-state index contributed by atoms with van der Waals surface area (Å²) in [5.41, 5.74) is 5.79. The number of anilines is 1. The van der Waals surface area contributed by atoms with Crippen LogP contribution in [0.25, 0.3) is 0 Å². The van der Waals surface area contributed by atoms with Crippen LogP contribution in [-0.2, 0) is 10.8 Å². The van der Waals surface area contributed by atoms with Crippen molar-refractivity contribution in [3.8, 4) is 5.75 Å². The van der Waals surface area contributed by atoms with E-state index in [1.165, 1.54) is 6.34 Å². The van der Waals surface area contributed by atoms with Crippen LogP contribution in [0.2, 0.25) is 0 Å². The zero-order valence-corrected chi connectivity index (χ0v) is 14.3. The number of nitrogens with one attached hydrogen (secondary N) is 1. The highest BCUT2D eigenvalue weighted by Gasteiger charge is 2.26. The molecule has 1 aromatic carbocycles. The number of aromatic hydroxyl groups is 1. The van der Waals surface area contributed by atoms with Crippen molar-refractivity contribution in [1.29, 1.82) is 0 Å². The maximum absolute atomic E-state index is 10.7. The molecule has 1 aromatic rings. The number of phenols is 1. The molecule has 22 heavy (non-hydrogen) atoms. The van der Waals surface area contributed by atoms with Crippen molar-refractivity contribution in [2.24, 2.45) is 9.98 Å². The summed E-state index contributed by atoms with van der Waals surface area (Å²) in [7, 11) is 0. The highest BCUT2D eigenvalue weighted by atomic mass is 16.3. The molecule has 0 radical (unpaired) electrons. The minimum Gasteiger partial charge on any atom is -0.507 e. The summed E-state index contributed by atoms with van der Waals surface area (Å²) < 4.78 is 0. The second-order valence-corrected chi connectivity index (χ2v) is 7.71. The first-order valence-corrected chi connectivity index (χ1v) is 7.52. The molecule has 1 heterocycles. The van der Waals surface area contributed by atoms with Crippen LogP contribution in [0.15, 0.2) is 22.1 Å². The molecule has 0 saturated carbocycles. The van der Waals surface area contributed by atoms with E-state index in [-0.39, 0.29) is 10.8 Å². The Morgan fingerprint density at radius 2 is 1.59 bits per heavy atom. The topological polar surface area (TPSA) is 60.2 Å². The number of phenolic OH excluding ortho intramolecular Hbond substituents is 1. The minimum atomic E-state index is -0.143. The fraction of sp³-hybridized carbons (Fsp3) is 0.529. The lowest BCUT2D eigenvalue weighted by molar-refractivity contribution is 0.423. The van der Waals surface area contributed by atoms with Gasteiger partial charge in [0.2, 0.25) is 0 Å². The molecule has 5 nitrogen and oxygen atoms in total. The Morgan fingerprint density at radius 1 is 1.05 bits per heavy atom. The Kier molecular flexibility index (Phi) is 4.18. The molecule has 0 fully saturated rings. The molecular weight excluding hydrogens is 276 g/mol. The van der Waals surface area contributed by atoms with Crippen LogP contribution in [0.1, 0.15) is 52.7 Å². The summed E-state index contributed by atoms with van der Waals surface area (Å²) in [6.45, 7) is 13.1. The van der Waals surface area contributed by atoms with Crippen LogP contribution in [0.4, 0.5) is 5.69 Å². The van der Waals surface area contributed by atoms with E-state index in [0.29, 0.717) is 12.4 Å². The highest BCUT2D eigenvalue weighted by molar-refractivity contribution is 5.74. The molecule has 0 aromatic heterocycles. The van der Waals surface area contributed by atoms with Crippen LogP contribution in [0.3, 0.4) is 0 Å². The summed E-state index contributed by atoms with van der Waals surface area (Å²) in [6, 6.07) is 3.99. The van der Waals surface area contributed by atoms with Gasteiger partial charge < -0.3 is 5.11 Å². The van der Waals surface area contributed by atoms with Crippen LogP contribution in [-0.4, -0.2) is 29.5 Å². The van der Waals surface area contributed by atoms with Gasteiger partial charge in [-0.1, -0.05) is 41.5 Å².